The van der Waals surface area contributed by atoms with Crippen LogP contribution >= 0.6 is 0 Å². The molecule has 4 nitrogen and oxygen atoms in total. The number of carbonyl (C=O) groups is 1. The first-order valence-corrected chi connectivity index (χ1v) is 5.92. The Hall–Kier alpha value is -2.23. The first kappa shape index (κ1) is 14.2. The maximum absolute atomic E-state index is 12.6. The molecule has 1 aromatic carbocycles. The summed E-state index contributed by atoms with van der Waals surface area (Å²) in [5.74, 6) is -1.22. The average Bonchev–Trinajstić information content (AvgIpc) is 3.18. The molecule has 7 heteroatoms. The number of hydrogen-bond donors (Lipinski definition) is 1. The van der Waals surface area contributed by atoms with E-state index in [9.17, 15) is 18.0 Å². The van der Waals surface area contributed by atoms with E-state index in [-0.39, 0.29) is 22.9 Å². The zero-order valence-electron chi connectivity index (χ0n) is 10.3. The van der Waals surface area contributed by atoms with E-state index in [1.54, 1.807) is 6.07 Å². The minimum Gasteiger partial charge on any atom is -0.478 e. The van der Waals surface area contributed by atoms with Crippen LogP contribution in [-0.2, 0) is 0 Å². The topological polar surface area (TPSA) is 64.3 Å². The summed E-state index contributed by atoms with van der Waals surface area (Å²) in [6.07, 6.45) is -3.09. The second-order valence-electron chi connectivity index (χ2n) is 4.62. The standard InChI is InChI=1S/C13H11F3N2O2/c14-13(15,16)7-18(10-2-3-10)11-4-1-8(12(19)20)5-9(11)6-17/h1,4-5,10H,2-3,7H2,(H,19,20). The number of carboxylic acids is 1. The molecule has 0 unspecified atom stereocenters. The fraction of sp³-hybridized carbons (Fsp3) is 0.385. The number of halogens is 3. The number of carboxylic acid groups (broad SMARTS) is 1. The summed E-state index contributed by atoms with van der Waals surface area (Å²) in [5, 5.41) is 17.9. The van der Waals surface area contributed by atoms with Crippen molar-refractivity contribution >= 4 is 11.7 Å². The van der Waals surface area contributed by atoms with E-state index in [4.69, 9.17) is 10.4 Å². The Balaban J connectivity index is 2.38. The van der Waals surface area contributed by atoms with Gasteiger partial charge in [0.05, 0.1) is 16.8 Å². The van der Waals surface area contributed by atoms with Crippen LogP contribution in [0.5, 0.6) is 0 Å². The normalized spacial score (nSPS) is 14.7. The molecule has 2 rings (SSSR count). The molecule has 1 N–H and O–H groups in total. The van der Waals surface area contributed by atoms with Gasteiger partial charge in [-0.15, -0.1) is 0 Å². The van der Waals surface area contributed by atoms with Crippen LogP contribution in [0.25, 0.3) is 0 Å². The van der Waals surface area contributed by atoms with E-state index >= 15 is 0 Å². The lowest BCUT2D eigenvalue weighted by Crippen LogP contribution is -2.36. The Morgan fingerprint density at radius 1 is 1.45 bits per heavy atom. The highest BCUT2D eigenvalue weighted by atomic mass is 19.4. The smallest absolute Gasteiger partial charge is 0.405 e. The minimum atomic E-state index is -4.37. The molecule has 1 saturated carbocycles. The predicted octanol–water partition coefficient (Wildman–Crippen LogP) is 2.79. The zero-order valence-corrected chi connectivity index (χ0v) is 10.3. The van der Waals surface area contributed by atoms with Crippen LogP contribution in [0.4, 0.5) is 18.9 Å². The summed E-state index contributed by atoms with van der Waals surface area (Å²) >= 11 is 0. The van der Waals surface area contributed by atoms with Crippen LogP contribution < -0.4 is 4.90 Å². The van der Waals surface area contributed by atoms with Crippen molar-refractivity contribution in [3.8, 4) is 6.07 Å². The van der Waals surface area contributed by atoms with Gasteiger partial charge in [0.1, 0.15) is 12.6 Å². The highest BCUT2D eigenvalue weighted by Crippen LogP contribution is 2.36. The summed E-state index contributed by atoms with van der Waals surface area (Å²) in [5.41, 5.74) is -0.0357. The molecule has 1 aliphatic carbocycles. The lowest BCUT2D eigenvalue weighted by molar-refractivity contribution is -0.120. The molecule has 0 aliphatic heterocycles. The van der Waals surface area contributed by atoms with Crippen LogP contribution in [0, 0.1) is 11.3 Å². The maximum Gasteiger partial charge on any atom is 0.405 e. The van der Waals surface area contributed by atoms with E-state index < -0.39 is 18.7 Å². The van der Waals surface area contributed by atoms with Crippen molar-refractivity contribution in [2.75, 3.05) is 11.4 Å². The summed E-state index contributed by atoms with van der Waals surface area (Å²) in [6.45, 7) is -1.14. The largest absolute Gasteiger partial charge is 0.478 e. The third-order valence-electron chi connectivity index (χ3n) is 3.01. The van der Waals surface area contributed by atoms with Crippen molar-refractivity contribution in [1.29, 1.82) is 5.26 Å². The fourth-order valence-corrected chi connectivity index (χ4v) is 2.00. The van der Waals surface area contributed by atoms with Crippen molar-refractivity contribution < 1.29 is 23.1 Å². The molecule has 0 atom stereocenters. The molecule has 106 valence electrons. The van der Waals surface area contributed by atoms with Gasteiger partial charge in [-0.25, -0.2) is 4.79 Å². The lowest BCUT2D eigenvalue weighted by Gasteiger charge is -2.26. The molecule has 0 spiro atoms. The zero-order chi connectivity index (χ0) is 14.9. The van der Waals surface area contributed by atoms with Crippen molar-refractivity contribution in [2.45, 2.75) is 25.1 Å². The monoisotopic (exact) mass is 284 g/mol. The Labute approximate surface area is 113 Å². The number of nitrogens with zero attached hydrogens (tertiary/aromatic N) is 2. The molecule has 1 aromatic rings. The molecule has 0 aromatic heterocycles. The highest BCUT2D eigenvalue weighted by molar-refractivity contribution is 5.89. The second-order valence-corrected chi connectivity index (χ2v) is 4.62. The van der Waals surface area contributed by atoms with Gasteiger partial charge in [-0.05, 0) is 31.0 Å². The molecule has 0 saturated heterocycles. The van der Waals surface area contributed by atoms with Crippen LogP contribution in [0.2, 0.25) is 0 Å². The first-order valence-electron chi connectivity index (χ1n) is 5.92. The summed E-state index contributed by atoms with van der Waals surface area (Å²) in [6, 6.07) is 5.11. The van der Waals surface area contributed by atoms with Gasteiger partial charge in [0.25, 0.3) is 0 Å². The Kier molecular flexibility index (Phi) is 3.57. The van der Waals surface area contributed by atoms with E-state index in [0.29, 0.717) is 12.8 Å². The van der Waals surface area contributed by atoms with E-state index in [2.05, 4.69) is 0 Å². The second kappa shape index (κ2) is 5.04. The van der Waals surface area contributed by atoms with Crippen molar-refractivity contribution in [3.05, 3.63) is 29.3 Å². The number of aromatic carboxylic acids is 1. The maximum atomic E-state index is 12.6. The van der Waals surface area contributed by atoms with E-state index in [1.807, 2.05) is 0 Å². The van der Waals surface area contributed by atoms with Crippen LogP contribution in [-0.4, -0.2) is 29.8 Å². The van der Waals surface area contributed by atoms with Gasteiger partial charge in [0.2, 0.25) is 0 Å². The highest BCUT2D eigenvalue weighted by Gasteiger charge is 2.39. The number of alkyl halides is 3. The SMILES string of the molecule is N#Cc1cc(C(=O)O)ccc1N(CC(F)(F)F)C1CC1. The number of anilines is 1. The van der Waals surface area contributed by atoms with Crippen LogP contribution in [0.1, 0.15) is 28.8 Å². The number of hydrogen-bond acceptors (Lipinski definition) is 3. The van der Waals surface area contributed by atoms with Gasteiger partial charge in [0, 0.05) is 6.04 Å². The molecule has 0 heterocycles. The Morgan fingerprint density at radius 2 is 2.10 bits per heavy atom. The van der Waals surface area contributed by atoms with Crippen molar-refractivity contribution in [2.24, 2.45) is 0 Å². The third kappa shape index (κ3) is 3.20. The molecular weight excluding hydrogens is 273 g/mol. The number of rotatable bonds is 4. The Morgan fingerprint density at radius 3 is 2.55 bits per heavy atom. The predicted molar refractivity (Wildman–Crippen MR) is 64.5 cm³/mol. The van der Waals surface area contributed by atoms with E-state index in [0.717, 1.165) is 11.0 Å². The lowest BCUT2D eigenvalue weighted by atomic mass is 10.1. The molecule has 1 aliphatic rings. The Bertz CT molecular complexity index is 574. The third-order valence-corrected chi connectivity index (χ3v) is 3.01. The first-order chi connectivity index (χ1) is 9.31. The van der Waals surface area contributed by atoms with Crippen molar-refractivity contribution in [1.82, 2.24) is 0 Å². The van der Waals surface area contributed by atoms with Gasteiger partial charge in [0.15, 0.2) is 0 Å². The fourth-order valence-electron chi connectivity index (χ4n) is 2.00. The number of nitriles is 1. The summed E-state index contributed by atoms with van der Waals surface area (Å²) < 4.78 is 37.8. The molecule has 0 amide bonds. The van der Waals surface area contributed by atoms with E-state index in [1.165, 1.54) is 12.1 Å². The molecule has 0 radical (unpaired) electrons. The number of benzene rings is 1. The van der Waals surface area contributed by atoms with Crippen LogP contribution in [0.3, 0.4) is 0 Å². The van der Waals surface area contributed by atoms with Gasteiger partial charge in [-0.1, -0.05) is 0 Å². The molecule has 20 heavy (non-hydrogen) atoms. The molecule has 1 fully saturated rings. The van der Waals surface area contributed by atoms with Crippen LogP contribution in [0.15, 0.2) is 18.2 Å². The average molecular weight is 284 g/mol. The minimum absolute atomic E-state index is 0.0546. The molecular formula is C13H11F3N2O2. The van der Waals surface area contributed by atoms with Gasteiger partial charge < -0.3 is 10.0 Å². The van der Waals surface area contributed by atoms with Gasteiger partial charge >= 0.3 is 12.1 Å². The quantitative estimate of drug-likeness (QED) is 0.923. The van der Waals surface area contributed by atoms with Gasteiger partial charge in [-0.3, -0.25) is 0 Å². The molecule has 0 bridgehead atoms. The summed E-state index contributed by atoms with van der Waals surface area (Å²) in [4.78, 5) is 12.0. The van der Waals surface area contributed by atoms with Gasteiger partial charge in [-0.2, -0.15) is 18.4 Å². The van der Waals surface area contributed by atoms with Crippen molar-refractivity contribution in [3.63, 3.8) is 0 Å². The summed E-state index contributed by atoms with van der Waals surface area (Å²) in [7, 11) is 0.